The zero-order valence-electron chi connectivity index (χ0n) is 11.7. The summed E-state index contributed by atoms with van der Waals surface area (Å²) in [4.78, 5) is 15.5. The summed E-state index contributed by atoms with van der Waals surface area (Å²) in [6.45, 7) is 0.403. The molecule has 1 rings (SSSR count). The number of hydrogen-bond acceptors (Lipinski definition) is 6. The van der Waals surface area contributed by atoms with Gasteiger partial charge in [-0.3, -0.25) is 4.99 Å². The highest BCUT2D eigenvalue weighted by atomic mass is 16.5. The number of carboxylic acids is 1. The summed E-state index contributed by atoms with van der Waals surface area (Å²) in [5.41, 5.74) is 12.3. The molecule has 0 heterocycles. The first-order valence-corrected chi connectivity index (χ1v) is 6.66. The molecule has 2 unspecified atom stereocenters. The van der Waals surface area contributed by atoms with Crippen LogP contribution in [0.3, 0.4) is 0 Å². The number of aliphatic hydroxyl groups excluding tert-OH is 1. The molecule has 0 aromatic carbocycles. The van der Waals surface area contributed by atoms with Gasteiger partial charge in [0, 0.05) is 6.61 Å². The molecule has 0 spiro atoms. The Bertz CT molecular complexity index is 406. The summed E-state index contributed by atoms with van der Waals surface area (Å²) in [5.74, 6) is -0.601. The van der Waals surface area contributed by atoms with E-state index in [0.29, 0.717) is 49.4 Å². The van der Waals surface area contributed by atoms with E-state index in [0.717, 1.165) is 0 Å². The zero-order chi connectivity index (χ0) is 15.1. The molecule has 1 aliphatic rings. The fourth-order valence-electron chi connectivity index (χ4n) is 2.26. The molecular weight excluding hydrogens is 262 g/mol. The topological polar surface area (TPSA) is 131 Å². The summed E-state index contributed by atoms with van der Waals surface area (Å²) >= 11 is 0. The molecule has 0 aromatic heterocycles. The number of aliphatic hydroxyl groups is 1. The van der Waals surface area contributed by atoms with Gasteiger partial charge in [0.25, 0.3) is 0 Å². The SMILES string of the molecule is COC1=C(N)CC(CO)CC1=NC(CCCN)C(=O)O. The number of methoxy groups -OCH3 is 1. The van der Waals surface area contributed by atoms with Crippen molar-refractivity contribution in [2.45, 2.75) is 31.7 Å². The average molecular weight is 285 g/mol. The van der Waals surface area contributed by atoms with Crippen molar-refractivity contribution in [3.05, 3.63) is 11.5 Å². The molecular formula is C13H23N3O4. The van der Waals surface area contributed by atoms with Crippen LogP contribution in [0.25, 0.3) is 0 Å². The van der Waals surface area contributed by atoms with Crippen molar-refractivity contribution in [3.8, 4) is 0 Å². The lowest BCUT2D eigenvalue weighted by Gasteiger charge is -2.25. The van der Waals surface area contributed by atoms with Crippen molar-refractivity contribution < 1.29 is 19.7 Å². The Balaban J connectivity index is 3.00. The number of carboxylic acid groups (broad SMARTS) is 1. The third-order valence-corrected chi connectivity index (χ3v) is 3.29. The number of allylic oxidation sites excluding steroid dienone is 2. The number of rotatable bonds is 7. The first-order valence-electron chi connectivity index (χ1n) is 6.66. The Kier molecular flexibility index (Phi) is 6.47. The molecule has 7 heteroatoms. The van der Waals surface area contributed by atoms with Crippen LogP contribution in [-0.2, 0) is 9.53 Å². The monoisotopic (exact) mass is 285 g/mol. The molecule has 6 N–H and O–H groups in total. The number of nitrogens with two attached hydrogens (primary N) is 2. The van der Waals surface area contributed by atoms with Crippen LogP contribution in [0.2, 0.25) is 0 Å². The predicted molar refractivity (Wildman–Crippen MR) is 75.2 cm³/mol. The van der Waals surface area contributed by atoms with E-state index in [-0.39, 0.29) is 12.5 Å². The van der Waals surface area contributed by atoms with Gasteiger partial charge in [-0.15, -0.1) is 0 Å². The van der Waals surface area contributed by atoms with Gasteiger partial charge in [0.05, 0.1) is 18.5 Å². The minimum Gasteiger partial charge on any atom is -0.493 e. The maximum Gasteiger partial charge on any atom is 0.328 e. The normalized spacial score (nSPS) is 22.9. The Morgan fingerprint density at radius 2 is 2.25 bits per heavy atom. The van der Waals surface area contributed by atoms with Gasteiger partial charge < -0.3 is 26.4 Å². The lowest BCUT2D eigenvalue weighted by molar-refractivity contribution is -0.138. The second-order valence-corrected chi connectivity index (χ2v) is 4.88. The van der Waals surface area contributed by atoms with Gasteiger partial charge in [-0.2, -0.15) is 0 Å². The third kappa shape index (κ3) is 4.21. The van der Waals surface area contributed by atoms with Crippen LogP contribution in [0.15, 0.2) is 16.4 Å². The van der Waals surface area contributed by atoms with Crippen LogP contribution < -0.4 is 11.5 Å². The van der Waals surface area contributed by atoms with Gasteiger partial charge in [0.15, 0.2) is 5.76 Å². The molecule has 0 saturated heterocycles. The molecule has 0 bridgehead atoms. The lowest BCUT2D eigenvalue weighted by atomic mass is 9.90. The minimum absolute atomic E-state index is 0.0166. The largest absolute Gasteiger partial charge is 0.493 e. The van der Waals surface area contributed by atoms with E-state index in [1.807, 2.05) is 0 Å². The highest BCUT2D eigenvalue weighted by molar-refractivity contribution is 6.01. The standard InChI is InChI=1S/C13H23N3O4/c1-20-12-9(15)5-8(7-17)6-11(12)16-10(13(18)19)3-2-4-14/h8,10,17H,2-7,14-15H2,1H3,(H,18,19). The maximum atomic E-state index is 11.2. The van der Waals surface area contributed by atoms with Gasteiger partial charge >= 0.3 is 5.97 Å². The number of carbonyl (C=O) groups is 1. The minimum atomic E-state index is -0.994. The van der Waals surface area contributed by atoms with Crippen LogP contribution in [0.5, 0.6) is 0 Å². The Hall–Kier alpha value is -1.60. The Labute approximate surface area is 118 Å². The van der Waals surface area contributed by atoms with Crippen molar-refractivity contribution in [1.82, 2.24) is 0 Å². The van der Waals surface area contributed by atoms with Crippen LogP contribution in [-0.4, -0.2) is 48.2 Å². The van der Waals surface area contributed by atoms with Crippen molar-refractivity contribution in [3.63, 3.8) is 0 Å². The van der Waals surface area contributed by atoms with Gasteiger partial charge in [0.2, 0.25) is 0 Å². The average Bonchev–Trinajstić information content (AvgIpc) is 2.42. The van der Waals surface area contributed by atoms with Crippen LogP contribution in [0.4, 0.5) is 0 Å². The summed E-state index contributed by atoms with van der Waals surface area (Å²) in [6.07, 6.45) is 1.95. The number of aliphatic carboxylic acids is 1. The predicted octanol–water partition coefficient (Wildman–Crippen LogP) is -0.161. The molecule has 1 aliphatic carbocycles. The van der Waals surface area contributed by atoms with E-state index in [4.69, 9.17) is 16.2 Å². The van der Waals surface area contributed by atoms with Gasteiger partial charge in [-0.05, 0) is 38.1 Å². The van der Waals surface area contributed by atoms with Crippen molar-refractivity contribution in [2.75, 3.05) is 20.3 Å². The number of hydrogen-bond donors (Lipinski definition) is 4. The summed E-state index contributed by atoms with van der Waals surface area (Å²) in [6, 6.07) is -0.857. The van der Waals surface area contributed by atoms with Crippen molar-refractivity contribution in [2.24, 2.45) is 22.4 Å². The number of nitrogens with zero attached hydrogens (tertiary/aromatic N) is 1. The quantitative estimate of drug-likeness (QED) is 0.514. The highest BCUT2D eigenvalue weighted by Gasteiger charge is 2.27. The molecule has 2 atom stereocenters. The van der Waals surface area contributed by atoms with Crippen LogP contribution >= 0.6 is 0 Å². The van der Waals surface area contributed by atoms with E-state index in [1.165, 1.54) is 7.11 Å². The first kappa shape index (κ1) is 16.5. The van der Waals surface area contributed by atoms with Crippen LogP contribution in [0.1, 0.15) is 25.7 Å². The second-order valence-electron chi connectivity index (χ2n) is 4.88. The number of ether oxygens (including phenoxy) is 1. The Morgan fingerprint density at radius 1 is 1.55 bits per heavy atom. The molecule has 0 radical (unpaired) electrons. The van der Waals surface area contributed by atoms with Crippen molar-refractivity contribution >= 4 is 11.7 Å². The molecule has 7 nitrogen and oxygen atoms in total. The van der Waals surface area contributed by atoms with E-state index < -0.39 is 12.0 Å². The summed E-state index contributed by atoms with van der Waals surface area (Å²) in [7, 11) is 1.48. The molecule has 0 fully saturated rings. The summed E-state index contributed by atoms with van der Waals surface area (Å²) < 4.78 is 5.22. The van der Waals surface area contributed by atoms with E-state index in [9.17, 15) is 15.0 Å². The third-order valence-electron chi connectivity index (χ3n) is 3.29. The van der Waals surface area contributed by atoms with E-state index in [1.54, 1.807) is 0 Å². The fourth-order valence-corrected chi connectivity index (χ4v) is 2.26. The fraction of sp³-hybridized carbons (Fsp3) is 0.692. The first-order chi connectivity index (χ1) is 9.53. The second kappa shape index (κ2) is 7.86. The Morgan fingerprint density at radius 3 is 2.75 bits per heavy atom. The maximum absolute atomic E-state index is 11.2. The van der Waals surface area contributed by atoms with Gasteiger partial charge in [0.1, 0.15) is 6.04 Å². The highest BCUT2D eigenvalue weighted by Crippen LogP contribution is 2.26. The molecule has 0 aliphatic heterocycles. The van der Waals surface area contributed by atoms with Crippen LogP contribution in [0, 0.1) is 5.92 Å². The molecule has 0 saturated carbocycles. The molecule has 0 amide bonds. The van der Waals surface area contributed by atoms with Crippen molar-refractivity contribution in [1.29, 1.82) is 0 Å². The summed E-state index contributed by atoms with van der Waals surface area (Å²) in [5, 5.41) is 18.5. The molecule has 114 valence electrons. The molecule has 20 heavy (non-hydrogen) atoms. The molecule has 0 aromatic rings. The van der Waals surface area contributed by atoms with E-state index >= 15 is 0 Å². The smallest absolute Gasteiger partial charge is 0.328 e. The zero-order valence-corrected chi connectivity index (χ0v) is 11.7. The van der Waals surface area contributed by atoms with E-state index in [2.05, 4.69) is 4.99 Å². The number of aliphatic imine (C=N–C) groups is 1. The van der Waals surface area contributed by atoms with Gasteiger partial charge in [-0.1, -0.05) is 0 Å². The van der Waals surface area contributed by atoms with Gasteiger partial charge in [-0.25, -0.2) is 4.79 Å². The lowest BCUT2D eigenvalue weighted by Crippen LogP contribution is -2.29.